The fourth-order valence-corrected chi connectivity index (χ4v) is 2.46. The molecule has 23 heavy (non-hydrogen) atoms. The molecule has 118 valence electrons. The van der Waals surface area contributed by atoms with Gasteiger partial charge in [-0.05, 0) is 26.2 Å². The first-order valence-electron chi connectivity index (χ1n) is 7.61. The van der Waals surface area contributed by atoms with E-state index in [2.05, 4.69) is 15.3 Å². The van der Waals surface area contributed by atoms with Crippen molar-refractivity contribution < 1.29 is 4.79 Å². The molecular weight excluding hydrogens is 288 g/mol. The van der Waals surface area contributed by atoms with E-state index in [0.29, 0.717) is 12.2 Å². The second kappa shape index (κ2) is 6.62. The molecule has 0 fully saturated rings. The molecule has 5 nitrogen and oxygen atoms in total. The molecule has 0 unspecified atom stereocenters. The van der Waals surface area contributed by atoms with Crippen LogP contribution in [0.1, 0.15) is 10.5 Å². The van der Waals surface area contributed by atoms with Gasteiger partial charge in [-0.1, -0.05) is 30.3 Å². The molecule has 0 aliphatic carbocycles. The number of benzene rings is 1. The van der Waals surface area contributed by atoms with Gasteiger partial charge in [0.1, 0.15) is 5.69 Å². The number of amides is 1. The van der Waals surface area contributed by atoms with Gasteiger partial charge in [0.15, 0.2) is 0 Å². The molecule has 2 heterocycles. The molecule has 2 N–H and O–H groups in total. The van der Waals surface area contributed by atoms with Crippen LogP contribution in [0.2, 0.25) is 0 Å². The Hall–Kier alpha value is -2.66. The molecule has 0 atom stereocenters. The van der Waals surface area contributed by atoms with Crippen molar-refractivity contribution in [2.24, 2.45) is 0 Å². The van der Waals surface area contributed by atoms with Crippen LogP contribution in [0.25, 0.3) is 22.2 Å². The average molecular weight is 308 g/mol. The van der Waals surface area contributed by atoms with Gasteiger partial charge in [-0.2, -0.15) is 0 Å². The third kappa shape index (κ3) is 3.40. The number of aromatic nitrogens is 2. The van der Waals surface area contributed by atoms with Crippen molar-refractivity contribution in [2.75, 3.05) is 27.2 Å². The summed E-state index contributed by atoms with van der Waals surface area (Å²) in [5, 5.41) is 3.77. The number of hydrogen-bond acceptors (Lipinski definition) is 3. The van der Waals surface area contributed by atoms with Crippen molar-refractivity contribution in [3.8, 4) is 11.3 Å². The predicted octanol–water partition coefficient (Wildman–Crippen LogP) is 2.52. The lowest BCUT2D eigenvalue weighted by Gasteiger charge is -2.11. The second-order valence-corrected chi connectivity index (χ2v) is 5.72. The molecule has 0 spiro atoms. The van der Waals surface area contributed by atoms with Gasteiger partial charge < -0.3 is 15.2 Å². The third-order valence-electron chi connectivity index (χ3n) is 3.68. The Morgan fingerprint density at radius 1 is 1.22 bits per heavy atom. The second-order valence-electron chi connectivity index (χ2n) is 5.72. The van der Waals surface area contributed by atoms with Crippen LogP contribution >= 0.6 is 0 Å². The van der Waals surface area contributed by atoms with E-state index < -0.39 is 0 Å². The molecule has 0 saturated heterocycles. The highest BCUT2D eigenvalue weighted by molar-refractivity contribution is 6.05. The van der Waals surface area contributed by atoms with E-state index in [9.17, 15) is 4.79 Å². The molecule has 0 saturated carbocycles. The van der Waals surface area contributed by atoms with Gasteiger partial charge in [0, 0.05) is 35.8 Å². The number of aromatic amines is 1. The summed E-state index contributed by atoms with van der Waals surface area (Å²) in [6.07, 6.45) is 1.83. The van der Waals surface area contributed by atoms with Crippen LogP contribution in [0.5, 0.6) is 0 Å². The highest BCUT2D eigenvalue weighted by atomic mass is 16.1. The number of rotatable bonds is 5. The first-order valence-corrected chi connectivity index (χ1v) is 7.61. The van der Waals surface area contributed by atoms with Crippen molar-refractivity contribution in [1.82, 2.24) is 20.2 Å². The van der Waals surface area contributed by atoms with E-state index in [-0.39, 0.29) is 5.91 Å². The van der Waals surface area contributed by atoms with Crippen molar-refractivity contribution in [1.29, 1.82) is 0 Å². The van der Waals surface area contributed by atoms with Gasteiger partial charge >= 0.3 is 0 Å². The monoisotopic (exact) mass is 308 g/mol. The zero-order valence-corrected chi connectivity index (χ0v) is 13.3. The number of nitrogens with zero attached hydrogens (tertiary/aromatic N) is 2. The lowest BCUT2D eigenvalue weighted by Crippen LogP contribution is -2.32. The molecule has 5 heteroatoms. The number of pyridine rings is 1. The number of fused-ring (bicyclic) bond motifs is 1. The number of H-pyrrole nitrogens is 1. The number of carbonyl (C=O) groups excluding carboxylic acids is 1. The summed E-state index contributed by atoms with van der Waals surface area (Å²) in [6, 6.07) is 13.7. The highest BCUT2D eigenvalue weighted by Gasteiger charge is 2.15. The minimum absolute atomic E-state index is 0.144. The number of hydrogen-bond donors (Lipinski definition) is 2. The van der Waals surface area contributed by atoms with Crippen molar-refractivity contribution in [2.45, 2.75) is 0 Å². The molecule has 0 radical (unpaired) electrons. The highest BCUT2D eigenvalue weighted by Crippen LogP contribution is 2.24. The van der Waals surface area contributed by atoms with Gasteiger partial charge in [0.25, 0.3) is 5.91 Å². The van der Waals surface area contributed by atoms with E-state index >= 15 is 0 Å². The number of carbonyl (C=O) groups is 1. The smallest absolute Gasteiger partial charge is 0.270 e. The zero-order chi connectivity index (χ0) is 16.2. The summed E-state index contributed by atoms with van der Waals surface area (Å²) in [5.41, 5.74) is 3.16. The molecule has 1 amide bonds. The fourth-order valence-electron chi connectivity index (χ4n) is 2.46. The Balaban J connectivity index is 1.95. The van der Waals surface area contributed by atoms with Crippen LogP contribution in [0.3, 0.4) is 0 Å². The predicted molar refractivity (Wildman–Crippen MR) is 92.4 cm³/mol. The van der Waals surface area contributed by atoms with Crippen LogP contribution in [-0.2, 0) is 0 Å². The lowest BCUT2D eigenvalue weighted by atomic mass is 10.1. The SMILES string of the molecule is CN(C)CCNC(=O)c1nc(-c2ccccc2)cc2[nH]ccc12. The van der Waals surface area contributed by atoms with Crippen molar-refractivity contribution in [3.63, 3.8) is 0 Å². The summed E-state index contributed by atoms with van der Waals surface area (Å²) in [4.78, 5) is 22.3. The largest absolute Gasteiger partial charge is 0.361 e. The third-order valence-corrected chi connectivity index (χ3v) is 3.68. The zero-order valence-electron chi connectivity index (χ0n) is 13.3. The van der Waals surface area contributed by atoms with Gasteiger partial charge in [-0.3, -0.25) is 4.79 Å². The van der Waals surface area contributed by atoms with Gasteiger partial charge in [0.2, 0.25) is 0 Å². The maximum atomic E-state index is 12.5. The fraction of sp³-hybridized carbons (Fsp3) is 0.222. The molecule has 3 aromatic rings. The Kier molecular flexibility index (Phi) is 4.39. The molecule has 0 aliphatic heterocycles. The lowest BCUT2D eigenvalue weighted by molar-refractivity contribution is 0.0948. The van der Waals surface area contributed by atoms with E-state index in [1.807, 2.05) is 67.7 Å². The van der Waals surface area contributed by atoms with E-state index in [4.69, 9.17) is 0 Å². The van der Waals surface area contributed by atoms with E-state index in [1.54, 1.807) is 0 Å². The maximum absolute atomic E-state index is 12.5. The summed E-state index contributed by atoms with van der Waals surface area (Å²) in [5.74, 6) is -0.144. The van der Waals surface area contributed by atoms with Crippen LogP contribution in [0, 0.1) is 0 Å². The molecule has 3 rings (SSSR count). The van der Waals surface area contributed by atoms with Crippen LogP contribution < -0.4 is 5.32 Å². The van der Waals surface area contributed by atoms with Crippen molar-refractivity contribution >= 4 is 16.8 Å². The van der Waals surface area contributed by atoms with Crippen LogP contribution in [-0.4, -0.2) is 48.0 Å². The Bertz CT molecular complexity index is 808. The molecule has 2 aromatic heterocycles. The first-order chi connectivity index (χ1) is 11.1. The van der Waals surface area contributed by atoms with E-state index in [1.165, 1.54) is 0 Å². The summed E-state index contributed by atoms with van der Waals surface area (Å²) < 4.78 is 0. The van der Waals surface area contributed by atoms with Gasteiger partial charge in [-0.25, -0.2) is 4.98 Å². The van der Waals surface area contributed by atoms with E-state index in [0.717, 1.165) is 28.7 Å². The Morgan fingerprint density at radius 2 is 2.00 bits per heavy atom. The quantitative estimate of drug-likeness (QED) is 0.761. The summed E-state index contributed by atoms with van der Waals surface area (Å²) in [7, 11) is 3.95. The molecular formula is C18H20N4O. The number of nitrogens with one attached hydrogen (secondary N) is 2. The summed E-state index contributed by atoms with van der Waals surface area (Å²) >= 11 is 0. The first kappa shape index (κ1) is 15.2. The summed E-state index contributed by atoms with van der Waals surface area (Å²) in [6.45, 7) is 1.38. The Morgan fingerprint density at radius 3 is 2.74 bits per heavy atom. The van der Waals surface area contributed by atoms with Crippen molar-refractivity contribution in [3.05, 3.63) is 54.4 Å². The Labute approximate surface area is 135 Å². The van der Waals surface area contributed by atoms with Gasteiger partial charge in [-0.15, -0.1) is 0 Å². The number of likely N-dealkylation sites (N-methyl/N-ethyl adjacent to an activating group) is 1. The molecule has 1 aromatic carbocycles. The minimum atomic E-state index is -0.144. The minimum Gasteiger partial charge on any atom is -0.361 e. The normalized spacial score (nSPS) is 11.1. The average Bonchev–Trinajstić information content (AvgIpc) is 3.02. The molecule has 0 aliphatic rings. The van der Waals surface area contributed by atoms with Crippen LogP contribution in [0.15, 0.2) is 48.7 Å². The maximum Gasteiger partial charge on any atom is 0.270 e. The standard InChI is InChI=1S/C18H20N4O/c1-22(2)11-10-20-18(23)17-14-8-9-19-16(14)12-15(21-17)13-6-4-3-5-7-13/h3-9,12,19H,10-11H2,1-2H3,(H,20,23). The van der Waals surface area contributed by atoms with Gasteiger partial charge in [0.05, 0.1) is 5.69 Å². The van der Waals surface area contributed by atoms with Crippen LogP contribution in [0.4, 0.5) is 0 Å². The topological polar surface area (TPSA) is 61.0 Å². The molecule has 0 bridgehead atoms.